The zero-order chi connectivity index (χ0) is 17.6. The van der Waals surface area contributed by atoms with Crippen LogP contribution in [-0.4, -0.2) is 40.3 Å². The Hall–Kier alpha value is -0.834. The number of fused-ring (bicyclic) bond motifs is 1. The Morgan fingerprint density at radius 3 is 2.32 bits per heavy atom. The second kappa shape index (κ2) is 7.81. The van der Waals surface area contributed by atoms with E-state index in [1.54, 1.807) is 24.3 Å². The predicted molar refractivity (Wildman–Crippen MR) is 83.4 cm³/mol. The van der Waals surface area contributed by atoms with Crippen molar-refractivity contribution in [2.24, 2.45) is 11.8 Å². The SMILES string of the molecule is CC(=O)c1ccc(C2=C(C(=O)[O-])N3C(=O)[C@@H](CCO)[C@H]3[C@H]2C)cc1.[K+]. The largest absolute Gasteiger partial charge is 1.00 e. The van der Waals surface area contributed by atoms with Gasteiger partial charge in [0.05, 0.1) is 23.6 Å². The summed E-state index contributed by atoms with van der Waals surface area (Å²) in [5.41, 5.74) is 1.65. The number of amides is 1. The van der Waals surface area contributed by atoms with Gasteiger partial charge in [0.1, 0.15) is 0 Å². The maximum Gasteiger partial charge on any atom is 1.00 e. The van der Waals surface area contributed by atoms with Crippen LogP contribution in [0.5, 0.6) is 0 Å². The molecule has 126 valence electrons. The van der Waals surface area contributed by atoms with E-state index in [1.165, 1.54) is 11.8 Å². The minimum absolute atomic E-state index is 0. The number of carbonyl (C=O) groups excluding carboxylic acids is 3. The number of carboxylic acid groups (broad SMARTS) is 1. The van der Waals surface area contributed by atoms with Crippen LogP contribution in [0.3, 0.4) is 0 Å². The predicted octanol–water partition coefficient (Wildman–Crippen LogP) is -2.79. The third-order valence-corrected chi connectivity index (χ3v) is 4.96. The summed E-state index contributed by atoms with van der Waals surface area (Å²) in [4.78, 5) is 36.6. The molecular weight excluding hydrogens is 349 g/mol. The molecule has 0 unspecified atom stereocenters. The van der Waals surface area contributed by atoms with E-state index in [4.69, 9.17) is 5.11 Å². The van der Waals surface area contributed by atoms with E-state index in [0.717, 1.165) is 0 Å². The fraction of sp³-hybridized carbons (Fsp3) is 0.389. The Morgan fingerprint density at radius 1 is 1.24 bits per heavy atom. The maximum absolute atomic E-state index is 12.3. The molecule has 0 radical (unpaired) electrons. The number of aliphatic hydroxyl groups is 1. The van der Waals surface area contributed by atoms with Gasteiger partial charge in [0, 0.05) is 18.1 Å². The van der Waals surface area contributed by atoms with Gasteiger partial charge in [0.2, 0.25) is 5.91 Å². The van der Waals surface area contributed by atoms with Crippen LogP contribution in [0.25, 0.3) is 5.57 Å². The van der Waals surface area contributed by atoms with Crippen LogP contribution in [0.1, 0.15) is 36.2 Å². The van der Waals surface area contributed by atoms with Crippen LogP contribution in [0, 0.1) is 11.8 Å². The molecule has 1 N–H and O–H groups in total. The molecule has 1 saturated heterocycles. The number of rotatable bonds is 5. The van der Waals surface area contributed by atoms with Gasteiger partial charge in [-0.3, -0.25) is 9.59 Å². The maximum atomic E-state index is 12.3. The van der Waals surface area contributed by atoms with Crippen molar-refractivity contribution in [2.75, 3.05) is 6.61 Å². The molecule has 0 bridgehead atoms. The van der Waals surface area contributed by atoms with Gasteiger partial charge in [-0.25, -0.2) is 0 Å². The van der Waals surface area contributed by atoms with Crippen LogP contribution < -0.4 is 56.5 Å². The number of nitrogens with zero attached hydrogens (tertiary/aromatic N) is 1. The van der Waals surface area contributed by atoms with Crippen LogP contribution >= 0.6 is 0 Å². The summed E-state index contributed by atoms with van der Waals surface area (Å²) >= 11 is 0. The molecular formula is C18H18KNO5. The van der Waals surface area contributed by atoms with Crippen molar-refractivity contribution < 1.29 is 76.0 Å². The Morgan fingerprint density at radius 2 is 1.84 bits per heavy atom. The number of ketones is 1. The molecule has 1 amide bonds. The Kier molecular flexibility index (Phi) is 6.40. The number of β-lactam (4-membered cyclic amide) rings is 1. The summed E-state index contributed by atoms with van der Waals surface area (Å²) in [6, 6.07) is 6.42. The van der Waals surface area contributed by atoms with E-state index in [2.05, 4.69) is 0 Å². The quantitative estimate of drug-likeness (QED) is 0.345. The van der Waals surface area contributed by atoms with E-state index in [9.17, 15) is 19.5 Å². The molecule has 0 aromatic heterocycles. The molecule has 0 aliphatic carbocycles. The molecule has 1 aromatic rings. The van der Waals surface area contributed by atoms with Gasteiger partial charge in [-0.1, -0.05) is 31.2 Å². The molecule has 25 heavy (non-hydrogen) atoms. The summed E-state index contributed by atoms with van der Waals surface area (Å²) in [5.74, 6) is -2.29. The first-order valence-corrected chi connectivity index (χ1v) is 7.89. The molecule has 2 heterocycles. The zero-order valence-electron chi connectivity index (χ0n) is 14.5. The third kappa shape index (κ3) is 3.29. The van der Waals surface area contributed by atoms with Crippen molar-refractivity contribution in [1.29, 1.82) is 0 Å². The third-order valence-electron chi connectivity index (χ3n) is 4.96. The van der Waals surface area contributed by atoms with Crippen LogP contribution in [-0.2, 0) is 9.59 Å². The van der Waals surface area contributed by atoms with E-state index in [-0.39, 0.29) is 93.3 Å². The first-order valence-electron chi connectivity index (χ1n) is 7.89. The number of carbonyl (C=O) groups is 3. The van der Waals surface area contributed by atoms with Crippen LogP contribution in [0.15, 0.2) is 30.0 Å². The summed E-state index contributed by atoms with van der Waals surface area (Å²) in [7, 11) is 0. The van der Waals surface area contributed by atoms with Gasteiger partial charge < -0.3 is 19.9 Å². The van der Waals surface area contributed by atoms with E-state index in [1.807, 2.05) is 6.92 Å². The van der Waals surface area contributed by atoms with Gasteiger partial charge in [0.15, 0.2) is 5.78 Å². The van der Waals surface area contributed by atoms with Crippen molar-refractivity contribution in [3.63, 3.8) is 0 Å². The summed E-state index contributed by atoms with van der Waals surface area (Å²) in [5, 5.41) is 20.8. The molecule has 1 aromatic carbocycles. The van der Waals surface area contributed by atoms with Gasteiger partial charge in [-0.05, 0) is 24.5 Å². The Labute approximate surface area is 188 Å². The van der Waals surface area contributed by atoms with Gasteiger partial charge in [0.25, 0.3) is 0 Å². The first kappa shape index (κ1) is 20.5. The fourth-order valence-corrected chi connectivity index (χ4v) is 3.84. The minimum Gasteiger partial charge on any atom is -0.543 e. The second-order valence-corrected chi connectivity index (χ2v) is 6.29. The average molecular weight is 367 g/mol. The molecule has 2 aliphatic rings. The molecule has 3 atom stereocenters. The molecule has 3 rings (SSSR count). The van der Waals surface area contributed by atoms with Crippen molar-refractivity contribution >= 4 is 23.2 Å². The number of benzene rings is 1. The van der Waals surface area contributed by atoms with Crippen molar-refractivity contribution in [1.82, 2.24) is 4.90 Å². The van der Waals surface area contributed by atoms with E-state index >= 15 is 0 Å². The van der Waals surface area contributed by atoms with Crippen molar-refractivity contribution in [2.45, 2.75) is 26.3 Å². The van der Waals surface area contributed by atoms with E-state index < -0.39 is 5.97 Å². The molecule has 7 heteroatoms. The molecule has 1 fully saturated rings. The van der Waals surface area contributed by atoms with Gasteiger partial charge in [-0.15, -0.1) is 0 Å². The smallest absolute Gasteiger partial charge is 0.543 e. The number of aliphatic carboxylic acids is 1. The molecule has 0 saturated carbocycles. The first-order chi connectivity index (χ1) is 11.4. The van der Waals surface area contributed by atoms with Crippen molar-refractivity contribution in [3.8, 4) is 0 Å². The standard InChI is InChI=1S/C18H19NO5.K/c1-9-14(12-5-3-11(4-6-12)10(2)21)16(18(23)24)19-15(9)13(7-8-20)17(19)22;/h3-6,9,13,15,20H,7-8H2,1-2H3,(H,23,24);/q;+1/p-1/t9-,13-,15+;/m0./s1. The topological polar surface area (TPSA) is 97.7 Å². The minimum atomic E-state index is -1.38. The molecule has 2 aliphatic heterocycles. The van der Waals surface area contributed by atoms with Crippen molar-refractivity contribution in [3.05, 3.63) is 41.1 Å². The monoisotopic (exact) mass is 367 g/mol. The second-order valence-electron chi connectivity index (χ2n) is 6.29. The van der Waals surface area contributed by atoms with Gasteiger partial charge >= 0.3 is 51.4 Å². The number of aliphatic hydroxyl groups excluding tert-OH is 1. The number of hydrogen-bond acceptors (Lipinski definition) is 5. The number of Topliss-reactive ketones (excluding diaryl/α,β-unsaturated/α-hetero) is 1. The number of carboxylic acids is 1. The van der Waals surface area contributed by atoms with Crippen LogP contribution in [0.2, 0.25) is 0 Å². The molecule has 6 nitrogen and oxygen atoms in total. The Bertz CT molecular complexity index is 755. The summed E-state index contributed by atoms with van der Waals surface area (Å²) in [6.07, 6.45) is 0.321. The normalized spacial score (nSPS) is 24.5. The average Bonchev–Trinajstić information content (AvgIpc) is 2.82. The van der Waals surface area contributed by atoms with Gasteiger partial charge in [-0.2, -0.15) is 0 Å². The van der Waals surface area contributed by atoms with Crippen LogP contribution in [0.4, 0.5) is 0 Å². The molecule has 0 spiro atoms. The Balaban J connectivity index is 0.00000225. The zero-order valence-corrected chi connectivity index (χ0v) is 17.6. The summed E-state index contributed by atoms with van der Waals surface area (Å²) in [6.45, 7) is 3.22. The summed E-state index contributed by atoms with van der Waals surface area (Å²) < 4.78 is 0. The van der Waals surface area contributed by atoms with E-state index in [0.29, 0.717) is 23.1 Å². The number of hydrogen-bond donors (Lipinski definition) is 1. The fourth-order valence-electron chi connectivity index (χ4n) is 3.84.